The van der Waals surface area contributed by atoms with E-state index in [0.29, 0.717) is 24.4 Å². The molecule has 0 aliphatic carbocycles. The second-order valence-corrected chi connectivity index (χ2v) is 7.95. The van der Waals surface area contributed by atoms with E-state index in [1.165, 1.54) is 12.1 Å². The molecular formula is C19H18N4O4S. The highest BCUT2D eigenvalue weighted by Gasteiger charge is 2.22. The van der Waals surface area contributed by atoms with Gasteiger partial charge in [0.15, 0.2) is 0 Å². The SMILES string of the molecule is O=Nc1ccccc1S(=O)(=O)Nc1ccc(N2CCOCC2)c2cccnc12. The largest absolute Gasteiger partial charge is 0.378 e. The van der Waals surface area contributed by atoms with Crippen LogP contribution in [-0.4, -0.2) is 39.7 Å². The van der Waals surface area contributed by atoms with Crippen molar-refractivity contribution in [1.82, 2.24) is 4.98 Å². The van der Waals surface area contributed by atoms with Crippen molar-refractivity contribution in [1.29, 1.82) is 0 Å². The smallest absolute Gasteiger partial charge is 0.264 e. The summed E-state index contributed by atoms with van der Waals surface area (Å²) in [6.45, 7) is 2.80. The molecule has 1 aliphatic rings. The number of ether oxygens (including phenoxy) is 1. The van der Waals surface area contributed by atoms with Crippen molar-refractivity contribution >= 4 is 38.0 Å². The van der Waals surface area contributed by atoms with E-state index in [0.717, 1.165) is 24.2 Å². The molecule has 28 heavy (non-hydrogen) atoms. The summed E-state index contributed by atoms with van der Waals surface area (Å²) in [5, 5.41) is 3.65. The number of sulfonamides is 1. The standard InChI is InChI=1S/C19H18N4O4S/c24-21-15-5-1-2-6-18(15)28(25,26)22-16-7-8-17(23-10-12-27-13-11-23)14-4-3-9-20-19(14)16/h1-9,22H,10-13H2. The van der Waals surface area contributed by atoms with E-state index in [1.54, 1.807) is 24.4 Å². The topological polar surface area (TPSA) is 101 Å². The fourth-order valence-corrected chi connectivity index (χ4v) is 4.48. The van der Waals surface area contributed by atoms with Crippen LogP contribution in [0.2, 0.25) is 0 Å². The minimum absolute atomic E-state index is 0.141. The lowest BCUT2D eigenvalue weighted by Crippen LogP contribution is -2.36. The Morgan fingerprint density at radius 3 is 2.61 bits per heavy atom. The summed E-state index contributed by atoms with van der Waals surface area (Å²) in [7, 11) is -4.00. The Morgan fingerprint density at radius 2 is 1.82 bits per heavy atom. The summed E-state index contributed by atoms with van der Waals surface area (Å²) >= 11 is 0. The van der Waals surface area contributed by atoms with Gasteiger partial charge in [-0.05, 0) is 41.6 Å². The molecule has 9 heteroatoms. The van der Waals surface area contributed by atoms with Crippen LogP contribution in [0, 0.1) is 4.91 Å². The monoisotopic (exact) mass is 398 g/mol. The van der Waals surface area contributed by atoms with Crippen molar-refractivity contribution < 1.29 is 13.2 Å². The molecule has 1 N–H and O–H groups in total. The third-order valence-electron chi connectivity index (χ3n) is 4.60. The zero-order chi connectivity index (χ0) is 19.6. The average Bonchev–Trinajstić information content (AvgIpc) is 2.74. The molecule has 0 saturated carbocycles. The molecule has 1 aromatic heterocycles. The van der Waals surface area contributed by atoms with Gasteiger partial charge in [0, 0.05) is 30.4 Å². The Kier molecular flexibility index (Phi) is 4.93. The number of pyridine rings is 1. The molecule has 0 unspecified atom stereocenters. The summed E-state index contributed by atoms with van der Waals surface area (Å²) < 4.78 is 33.7. The van der Waals surface area contributed by atoms with Gasteiger partial charge < -0.3 is 9.64 Å². The van der Waals surface area contributed by atoms with Crippen LogP contribution in [0.5, 0.6) is 0 Å². The van der Waals surface area contributed by atoms with Gasteiger partial charge >= 0.3 is 0 Å². The Hall–Kier alpha value is -3.04. The lowest BCUT2D eigenvalue weighted by atomic mass is 10.1. The summed E-state index contributed by atoms with van der Waals surface area (Å²) in [6, 6.07) is 13.1. The molecule has 1 saturated heterocycles. The fourth-order valence-electron chi connectivity index (χ4n) is 3.28. The minimum atomic E-state index is -4.00. The first-order valence-electron chi connectivity index (χ1n) is 8.76. The lowest BCUT2D eigenvalue weighted by molar-refractivity contribution is 0.123. The highest BCUT2D eigenvalue weighted by Crippen LogP contribution is 2.33. The molecule has 0 bridgehead atoms. The molecule has 8 nitrogen and oxygen atoms in total. The third kappa shape index (κ3) is 3.41. The average molecular weight is 398 g/mol. The molecule has 0 radical (unpaired) electrons. The number of hydrogen-bond donors (Lipinski definition) is 1. The highest BCUT2D eigenvalue weighted by atomic mass is 32.2. The van der Waals surface area contributed by atoms with Gasteiger partial charge in [-0.2, -0.15) is 0 Å². The van der Waals surface area contributed by atoms with Crippen LogP contribution in [0.4, 0.5) is 17.1 Å². The first kappa shape index (κ1) is 18.3. The van der Waals surface area contributed by atoms with E-state index in [1.807, 2.05) is 18.2 Å². The minimum Gasteiger partial charge on any atom is -0.378 e. The van der Waals surface area contributed by atoms with Gasteiger partial charge in [-0.3, -0.25) is 9.71 Å². The number of nitrogens with one attached hydrogen (secondary N) is 1. The van der Waals surface area contributed by atoms with Crippen LogP contribution in [-0.2, 0) is 14.8 Å². The third-order valence-corrected chi connectivity index (χ3v) is 6.01. The summed E-state index contributed by atoms with van der Waals surface area (Å²) in [5.41, 5.74) is 1.71. The highest BCUT2D eigenvalue weighted by molar-refractivity contribution is 7.93. The summed E-state index contributed by atoms with van der Waals surface area (Å²) in [4.78, 5) is 17.4. The van der Waals surface area contributed by atoms with Crippen LogP contribution in [0.1, 0.15) is 0 Å². The number of rotatable bonds is 5. The number of benzene rings is 2. The summed E-state index contributed by atoms with van der Waals surface area (Å²) in [6.07, 6.45) is 1.62. The lowest BCUT2D eigenvalue weighted by Gasteiger charge is -2.30. The van der Waals surface area contributed by atoms with Crippen molar-refractivity contribution in [3.05, 3.63) is 59.6 Å². The predicted molar refractivity (Wildman–Crippen MR) is 107 cm³/mol. The Morgan fingerprint density at radius 1 is 1.04 bits per heavy atom. The van der Waals surface area contributed by atoms with E-state index < -0.39 is 10.0 Å². The zero-order valence-corrected chi connectivity index (χ0v) is 15.7. The number of anilines is 2. The molecule has 3 aromatic rings. The van der Waals surface area contributed by atoms with Crippen LogP contribution < -0.4 is 9.62 Å². The van der Waals surface area contributed by atoms with Gasteiger partial charge in [-0.25, -0.2) is 8.42 Å². The van der Waals surface area contributed by atoms with E-state index in [4.69, 9.17) is 4.74 Å². The molecule has 1 fully saturated rings. The van der Waals surface area contributed by atoms with Crippen molar-refractivity contribution in [2.75, 3.05) is 35.9 Å². The first-order valence-corrected chi connectivity index (χ1v) is 10.2. The number of morpholine rings is 1. The normalized spacial score (nSPS) is 14.8. The van der Waals surface area contributed by atoms with Crippen molar-refractivity contribution in [2.24, 2.45) is 5.18 Å². The quantitative estimate of drug-likeness (QED) is 0.662. The molecule has 144 valence electrons. The van der Waals surface area contributed by atoms with Gasteiger partial charge in [0.1, 0.15) is 10.6 Å². The van der Waals surface area contributed by atoms with E-state index >= 15 is 0 Å². The molecule has 2 heterocycles. The van der Waals surface area contributed by atoms with Gasteiger partial charge in [0.25, 0.3) is 10.0 Å². The second kappa shape index (κ2) is 7.53. The molecule has 0 amide bonds. The number of nitroso groups, excluding NO2 is 1. The molecular weight excluding hydrogens is 380 g/mol. The van der Waals surface area contributed by atoms with Crippen LogP contribution in [0.25, 0.3) is 10.9 Å². The maximum Gasteiger partial charge on any atom is 0.264 e. The maximum absolute atomic E-state index is 12.8. The van der Waals surface area contributed by atoms with Crippen LogP contribution in [0.3, 0.4) is 0 Å². The van der Waals surface area contributed by atoms with Crippen LogP contribution in [0.15, 0.2) is 64.8 Å². The number of aromatic nitrogens is 1. The van der Waals surface area contributed by atoms with Crippen molar-refractivity contribution in [3.63, 3.8) is 0 Å². The van der Waals surface area contributed by atoms with Crippen molar-refractivity contribution in [3.8, 4) is 0 Å². The second-order valence-electron chi connectivity index (χ2n) is 6.30. The zero-order valence-electron chi connectivity index (χ0n) is 14.9. The van der Waals surface area contributed by atoms with Gasteiger partial charge in [0.05, 0.1) is 24.4 Å². The number of fused-ring (bicyclic) bond motifs is 1. The molecule has 4 rings (SSSR count). The Balaban J connectivity index is 1.77. The molecule has 0 spiro atoms. The van der Waals surface area contributed by atoms with E-state index in [-0.39, 0.29) is 10.6 Å². The summed E-state index contributed by atoms with van der Waals surface area (Å²) in [5.74, 6) is 0. The Labute approximate surface area is 162 Å². The first-order chi connectivity index (χ1) is 13.6. The molecule has 2 aromatic carbocycles. The van der Waals surface area contributed by atoms with E-state index in [2.05, 4.69) is 19.8 Å². The molecule has 1 aliphatic heterocycles. The fraction of sp³-hybridized carbons (Fsp3) is 0.211. The Bertz CT molecular complexity index is 1130. The van der Waals surface area contributed by atoms with Gasteiger partial charge in [-0.1, -0.05) is 12.1 Å². The predicted octanol–water partition coefficient (Wildman–Crippen LogP) is 3.27. The van der Waals surface area contributed by atoms with Gasteiger partial charge in [-0.15, -0.1) is 4.91 Å². The van der Waals surface area contributed by atoms with Crippen molar-refractivity contribution in [2.45, 2.75) is 4.90 Å². The number of hydrogen-bond acceptors (Lipinski definition) is 7. The van der Waals surface area contributed by atoms with Gasteiger partial charge in [0.2, 0.25) is 0 Å². The maximum atomic E-state index is 12.8. The molecule has 0 atom stereocenters. The van der Waals surface area contributed by atoms with E-state index in [9.17, 15) is 13.3 Å². The van der Waals surface area contributed by atoms with Crippen LogP contribution >= 0.6 is 0 Å². The number of nitrogens with zero attached hydrogens (tertiary/aromatic N) is 3.